The van der Waals surface area contributed by atoms with Gasteiger partial charge < -0.3 is 18.8 Å². The fourth-order valence-corrected chi connectivity index (χ4v) is 5.95. The average Bonchev–Trinajstić information content (AvgIpc) is 3.43. The first-order valence-electron chi connectivity index (χ1n) is 14.5. The smallest absolute Gasteiger partial charge is 0.337 e. The van der Waals surface area contributed by atoms with Crippen molar-refractivity contribution in [2.75, 3.05) is 7.11 Å². The molecule has 0 radical (unpaired) electrons. The van der Waals surface area contributed by atoms with Crippen LogP contribution in [0.3, 0.4) is 0 Å². The summed E-state index contributed by atoms with van der Waals surface area (Å²) in [6.45, 7) is 0.855. The SMILES string of the molecule is COC(=O)c1ccc2c(c1)cc(-c1ccc(OCc3ccccc3OCc3ccc(Cl)cc3)cc1)n2C1CCCCC1. The highest BCUT2D eigenvalue weighted by atomic mass is 35.5. The number of carbonyl (C=O) groups excluding carboxylic acids is 1. The van der Waals surface area contributed by atoms with E-state index in [0.29, 0.717) is 29.8 Å². The average molecular weight is 580 g/mol. The Balaban J connectivity index is 1.21. The molecule has 6 heteroatoms. The van der Waals surface area contributed by atoms with Crippen molar-refractivity contribution >= 4 is 28.5 Å². The van der Waals surface area contributed by atoms with Gasteiger partial charge in [-0.3, -0.25) is 0 Å². The number of hydrogen-bond donors (Lipinski definition) is 0. The highest BCUT2D eigenvalue weighted by Gasteiger charge is 2.22. The number of benzene rings is 4. The van der Waals surface area contributed by atoms with Gasteiger partial charge in [-0.2, -0.15) is 0 Å². The van der Waals surface area contributed by atoms with E-state index in [0.717, 1.165) is 57.6 Å². The van der Waals surface area contributed by atoms with Gasteiger partial charge >= 0.3 is 5.97 Å². The number of hydrogen-bond acceptors (Lipinski definition) is 4. The predicted molar refractivity (Wildman–Crippen MR) is 167 cm³/mol. The zero-order valence-electron chi connectivity index (χ0n) is 23.7. The van der Waals surface area contributed by atoms with Gasteiger partial charge in [-0.05, 0) is 90.7 Å². The van der Waals surface area contributed by atoms with Crippen molar-refractivity contribution in [1.82, 2.24) is 4.57 Å². The van der Waals surface area contributed by atoms with E-state index >= 15 is 0 Å². The van der Waals surface area contributed by atoms with Crippen LogP contribution in [0.2, 0.25) is 5.02 Å². The van der Waals surface area contributed by atoms with Gasteiger partial charge in [-0.25, -0.2) is 4.79 Å². The lowest BCUT2D eigenvalue weighted by molar-refractivity contribution is 0.0601. The van der Waals surface area contributed by atoms with Gasteiger partial charge in [0.25, 0.3) is 0 Å². The maximum absolute atomic E-state index is 12.2. The highest BCUT2D eigenvalue weighted by molar-refractivity contribution is 6.30. The molecule has 1 heterocycles. The van der Waals surface area contributed by atoms with E-state index in [1.165, 1.54) is 26.4 Å². The van der Waals surface area contributed by atoms with E-state index < -0.39 is 0 Å². The van der Waals surface area contributed by atoms with Crippen molar-refractivity contribution in [2.45, 2.75) is 51.4 Å². The molecule has 6 rings (SSSR count). The van der Waals surface area contributed by atoms with Crippen molar-refractivity contribution in [3.8, 4) is 22.8 Å². The van der Waals surface area contributed by atoms with Crippen LogP contribution in [0.1, 0.15) is 59.6 Å². The number of para-hydroxylation sites is 1. The molecular formula is C36H34ClNO4. The Bertz CT molecular complexity index is 1670. The van der Waals surface area contributed by atoms with Crippen molar-refractivity contribution < 1.29 is 19.0 Å². The molecule has 214 valence electrons. The molecule has 5 nitrogen and oxygen atoms in total. The molecule has 0 amide bonds. The molecule has 1 saturated carbocycles. The van der Waals surface area contributed by atoms with Crippen molar-refractivity contribution in [2.24, 2.45) is 0 Å². The van der Waals surface area contributed by atoms with Crippen LogP contribution in [-0.2, 0) is 18.0 Å². The summed E-state index contributed by atoms with van der Waals surface area (Å²) in [6.07, 6.45) is 6.09. The third-order valence-electron chi connectivity index (χ3n) is 8.02. The second-order valence-electron chi connectivity index (χ2n) is 10.8. The largest absolute Gasteiger partial charge is 0.489 e. The van der Waals surface area contributed by atoms with E-state index in [1.807, 2.05) is 72.8 Å². The number of rotatable bonds is 9. The molecule has 0 N–H and O–H groups in total. The number of aromatic nitrogens is 1. The van der Waals surface area contributed by atoms with Crippen LogP contribution >= 0.6 is 11.6 Å². The first kappa shape index (κ1) is 27.9. The second kappa shape index (κ2) is 12.7. The summed E-state index contributed by atoms with van der Waals surface area (Å²) in [7, 11) is 1.42. The Morgan fingerprint density at radius 2 is 1.60 bits per heavy atom. The van der Waals surface area contributed by atoms with Crippen molar-refractivity contribution in [1.29, 1.82) is 0 Å². The van der Waals surface area contributed by atoms with Gasteiger partial charge in [0.2, 0.25) is 0 Å². The minimum atomic E-state index is -0.317. The zero-order chi connectivity index (χ0) is 28.9. The Labute approximate surface area is 251 Å². The maximum Gasteiger partial charge on any atom is 0.337 e. The topological polar surface area (TPSA) is 49.7 Å². The first-order chi connectivity index (χ1) is 20.6. The van der Waals surface area contributed by atoms with Gasteiger partial charge in [0.15, 0.2) is 0 Å². The normalized spacial score (nSPS) is 13.7. The van der Waals surface area contributed by atoms with Crippen molar-refractivity contribution in [3.05, 3.63) is 119 Å². The lowest BCUT2D eigenvalue weighted by atomic mass is 9.94. The molecule has 0 aliphatic heterocycles. The maximum atomic E-state index is 12.2. The van der Waals surface area contributed by atoms with Gasteiger partial charge in [0, 0.05) is 33.2 Å². The predicted octanol–water partition coefficient (Wildman–Crippen LogP) is 9.41. The monoisotopic (exact) mass is 579 g/mol. The number of esters is 1. The third-order valence-corrected chi connectivity index (χ3v) is 8.28. The molecule has 4 aromatic carbocycles. The van der Waals surface area contributed by atoms with Gasteiger partial charge in [-0.15, -0.1) is 0 Å². The van der Waals surface area contributed by atoms with Crippen LogP contribution in [-0.4, -0.2) is 17.6 Å². The third kappa shape index (κ3) is 6.17. The summed E-state index contributed by atoms with van der Waals surface area (Å²) >= 11 is 6.01. The quantitative estimate of drug-likeness (QED) is 0.163. The molecule has 0 spiro atoms. The number of methoxy groups -OCH3 is 1. The van der Waals surface area contributed by atoms with E-state index in [4.69, 9.17) is 25.8 Å². The first-order valence-corrected chi connectivity index (χ1v) is 14.9. The van der Waals surface area contributed by atoms with Crippen LogP contribution in [0.15, 0.2) is 97.1 Å². The molecule has 0 unspecified atom stereocenters. The Kier molecular flexibility index (Phi) is 8.47. The lowest BCUT2D eigenvalue weighted by Crippen LogP contribution is -2.13. The summed E-state index contributed by atoms with van der Waals surface area (Å²) in [6, 6.07) is 32.4. The van der Waals surface area contributed by atoms with E-state index in [2.05, 4.69) is 28.8 Å². The Morgan fingerprint density at radius 3 is 2.36 bits per heavy atom. The lowest BCUT2D eigenvalue weighted by Gasteiger charge is -2.26. The second-order valence-corrected chi connectivity index (χ2v) is 11.2. The standard InChI is InChI=1S/C36H34ClNO4/c1-40-36(39)27-15-20-33-29(21-27)22-34(38(33)31-8-3-2-4-9-31)26-13-18-32(19-14-26)41-24-28-7-5-6-10-35(28)42-23-25-11-16-30(37)17-12-25/h5-7,10-22,31H,2-4,8-9,23-24H2,1H3. The number of carbonyl (C=O) groups is 1. The molecular weight excluding hydrogens is 546 g/mol. The number of halogens is 1. The van der Waals surface area contributed by atoms with E-state index in [-0.39, 0.29) is 5.97 Å². The van der Waals surface area contributed by atoms with Gasteiger partial charge in [-0.1, -0.05) is 61.2 Å². The summed E-state index contributed by atoms with van der Waals surface area (Å²) in [5.41, 5.74) is 6.03. The summed E-state index contributed by atoms with van der Waals surface area (Å²) in [5.74, 6) is 1.27. The molecule has 1 aliphatic rings. The minimum Gasteiger partial charge on any atom is -0.489 e. The summed E-state index contributed by atoms with van der Waals surface area (Å²) < 4.78 is 19.7. The molecule has 0 saturated heterocycles. The Hall–Kier alpha value is -4.22. The van der Waals surface area contributed by atoms with E-state index in [9.17, 15) is 4.79 Å². The van der Waals surface area contributed by atoms with Crippen molar-refractivity contribution in [3.63, 3.8) is 0 Å². The molecule has 0 bridgehead atoms. The minimum absolute atomic E-state index is 0.317. The molecule has 42 heavy (non-hydrogen) atoms. The van der Waals surface area contributed by atoms with E-state index in [1.54, 1.807) is 0 Å². The van der Waals surface area contributed by atoms with Gasteiger partial charge in [0.1, 0.15) is 24.7 Å². The Morgan fingerprint density at radius 1 is 0.833 bits per heavy atom. The van der Waals surface area contributed by atoms with Gasteiger partial charge in [0.05, 0.1) is 12.7 Å². The fourth-order valence-electron chi connectivity index (χ4n) is 5.82. The number of ether oxygens (including phenoxy) is 3. The number of nitrogens with zero attached hydrogens (tertiary/aromatic N) is 1. The summed E-state index contributed by atoms with van der Waals surface area (Å²) in [4.78, 5) is 12.2. The van der Waals surface area contributed by atoms with Crippen LogP contribution < -0.4 is 9.47 Å². The molecule has 5 aromatic rings. The van der Waals surface area contributed by atoms with Crippen LogP contribution in [0, 0.1) is 0 Å². The van der Waals surface area contributed by atoms with Crippen LogP contribution in [0.25, 0.3) is 22.2 Å². The molecule has 1 aromatic heterocycles. The summed E-state index contributed by atoms with van der Waals surface area (Å²) in [5, 5.41) is 1.76. The molecule has 0 atom stereocenters. The fraction of sp³-hybridized carbons (Fsp3) is 0.250. The van der Waals surface area contributed by atoms with Crippen LogP contribution in [0.4, 0.5) is 0 Å². The van der Waals surface area contributed by atoms with Crippen LogP contribution in [0.5, 0.6) is 11.5 Å². The number of fused-ring (bicyclic) bond motifs is 1. The highest BCUT2D eigenvalue weighted by Crippen LogP contribution is 2.38. The molecule has 1 fully saturated rings. The molecule has 1 aliphatic carbocycles. The zero-order valence-corrected chi connectivity index (χ0v) is 24.5.